The first-order valence-electron chi connectivity index (χ1n) is 21.7. The predicted octanol–water partition coefficient (Wildman–Crippen LogP) is 4.71. The van der Waals surface area contributed by atoms with Gasteiger partial charge >= 0.3 is 0 Å². The van der Waals surface area contributed by atoms with Gasteiger partial charge in [-0.2, -0.15) is 10.2 Å². The standard InChI is InChI=1S/C46H51N11O6/c47-19-15-35(30-5-1-2-6-30)51-26-31(25-48)41-34-16-21-50-42(34)55-46(54-41)52-32-11-9-28(10-12-32)29-17-23-56(24-18-29)22-4-20-49-39(59)27-63-37-8-3-7-33-40(37)45(62)57(44(33)61)36-13-14-38(58)53-43(36)60/h3,7-12,16,21,25-26,29-30,35-36H,1-2,4-6,13-15,17-18,20,22-24,27,48H2,(H,49,59)(H,53,58,60)(H2,50,52,54,55)/b31-25+,51-26?. The molecule has 2 aromatic heterocycles. The van der Waals surface area contributed by atoms with Gasteiger partial charge in [-0.15, -0.1) is 0 Å². The van der Waals surface area contributed by atoms with Crippen LogP contribution in [0.25, 0.3) is 16.6 Å². The van der Waals surface area contributed by atoms with Gasteiger partial charge in [0.25, 0.3) is 17.7 Å². The lowest BCUT2D eigenvalue weighted by molar-refractivity contribution is -0.136. The first-order chi connectivity index (χ1) is 30.7. The van der Waals surface area contributed by atoms with E-state index in [1.54, 1.807) is 12.3 Å². The molecule has 17 heteroatoms. The maximum atomic E-state index is 13.3. The Kier molecular flexibility index (Phi) is 13.2. The zero-order valence-electron chi connectivity index (χ0n) is 35.0. The number of nitrogens with two attached hydrogens (primary N) is 1. The first kappa shape index (κ1) is 42.7. The molecular weight excluding hydrogens is 803 g/mol. The Bertz CT molecular complexity index is 2480. The topological polar surface area (TPSA) is 241 Å². The van der Waals surface area contributed by atoms with Crippen LogP contribution in [-0.4, -0.2) is 105 Å². The number of aliphatic imine (C=N–C) groups is 1. The van der Waals surface area contributed by atoms with Crippen molar-refractivity contribution in [2.75, 3.05) is 38.1 Å². The molecule has 8 rings (SSSR count). The SMILES string of the molecule is N#CCC(N=C/C(=C\N)c1nc(Nc2ccc(C3CCN(CCCNC(=O)COc4cccc5c4C(=O)N(C4CCC(=O)NC4=O)C5=O)CC3)cc2)nc2[nH]ccc12)C1CCCC1. The number of fused-ring (bicyclic) bond motifs is 2. The molecule has 2 aromatic carbocycles. The normalized spacial score (nSPS) is 19.4. The van der Waals surface area contributed by atoms with E-state index in [4.69, 9.17) is 25.4 Å². The molecular formula is C46H51N11O6. The number of amides is 5. The van der Waals surface area contributed by atoms with E-state index in [9.17, 15) is 29.2 Å². The Labute approximate surface area is 364 Å². The van der Waals surface area contributed by atoms with Crippen LogP contribution < -0.4 is 26.4 Å². The number of hydrogen-bond donors (Lipinski definition) is 5. The Morgan fingerprint density at radius 2 is 1.81 bits per heavy atom. The second-order valence-corrected chi connectivity index (χ2v) is 16.5. The molecule has 1 aliphatic carbocycles. The molecule has 4 aliphatic rings. The maximum Gasteiger partial charge on any atom is 0.266 e. The van der Waals surface area contributed by atoms with Crippen molar-refractivity contribution in [2.24, 2.45) is 16.6 Å². The zero-order chi connectivity index (χ0) is 43.9. The van der Waals surface area contributed by atoms with Crippen molar-refractivity contribution in [1.29, 1.82) is 5.26 Å². The Hall–Kier alpha value is -6.93. The summed E-state index contributed by atoms with van der Waals surface area (Å²) < 4.78 is 5.70. The van der Waals surface area contributed by atoms with Gasteiger partial charge < -0.3 is 31.0 Å². The van der Waals surface area contributed by atoms with E-state index >= 15 is 0 Å². The zero-order valence-corrected chi connectivity index (χ0v) is 35.0. The third kappa shape index (κ3) is 9.61. The lowest BCUT2D eigenvalue weighted by Crippen LogP contribution is -2.54. The quantitative estimate of drug-likeness (QED) is 0.0585. The van der Waals surface area contributed by atoms with Crippen LogP contribution in [0.3, 0.4) is 0 Å². The second kappa shape index (κ2) is 19.4. The number of allylic oxidation sites excluding steroid dienone is 1. The minimum atomic E-state index is -1.09. The van der Waals surface area contributed by atoms with Gasteiger partial charge in [0.05, 0.1) is 35.4 Å². The lowest BCUT2D eigenvalue weighted by Gasteiger charge is -2.32. The van der Waals surface area contributed by atoms with Gasteiger partial charge in [-0.3, -0.25) is 39.2 Å². The molecule has 3 aliphatic heterocycles. The molecule has 0 spiro atoms. The summed E-state index contributed by atoms with van der Waals surface area (Å²) in [5.41, 5.74) is 10.3. The van der Waals surface area contributed by atoms with E-state index < -0.39 is 29.7 Å². The second-order valence-electron chi connectivity index (χ2n) is 16.5. The molecule has 5 heterocycles. The Morgan fingerprint density at radius 1 is 1.02 bits per heavy atom. The van der Waals surface area contributed by atoms with Crippen molar-refractivity contribution in [1.82, 2.24) is 35.4 Å². The number of carbonyl (C=O) groups excluding carboxylic acids is 5. The number of nitrogens with zero attached hydrogens (tertiary/aromatic N) is 6. The lowest BCUT2D eigenvalue weighted by atomic mass is 9.89. The number of likely N-dealkylation sites (tertiary alicyclic amines) is 1. The van der Waals surface area contributed by atoms with Crippen LogP contribution in [0.5, 0.6) is 5.75 Å². The molecule has 0 radical (unpaired) electrons. The number of hydrogen-bond acceptors (Lipinski definition) is 13. The fourth-order valence-corrected chi connectivity index (χ4v) is 9.14. The highest BCUT2D eigenvalue weighted by Crippen LogP contribution is 2.35. The number of H-pyrrole nitrogens is 1. The van der Waals surface area contributed by atoms with Crippen molar-refractivity contribution in [2.45, 2.75) is 82.2 Å². The molecule has 2 saturated heterocycles. The number of aromatic nitrogens is 3. The highest BCUT2D eigenvalue weighted by Gasteiger charge is 2.46. The first-order valence-corrected chi connectivity index (χ1v) is 21.7. The number of imide groups is 2. The highest BCUT2D eigenvalue weighted by atomic mass is 16.5. The third-order valence-corrected chi connectivity index (χ3v) is 12.5. The van der Waals surface area contributed by atoms with Crippen molar-refractivity contribution in [3.8, 4) is 11.8 Å². The molecule has 2 atom stereocenters. The number of aromatic amines is 1. The Morgan fingerprint density at radius 3 is 2.56 bits per heavy atom. The molecule has 6 N–H and O–H groups in total. The number of benzene rings is 2. The number of anilines is 2. The summed E-state index contributed by atoms with van der Waals surface area (Å²) >= 11 is 0. The third-order valence-electron chi connectivity index (χ3n) is 12.5. The molecule has 0 bridgehead atoms. The molecule has 63 heavy (non-hydrogen) atoms. The van der Waals surface area contributed by atoms with Gasteiger partial charge in [0, 0.05) is 48.2 Å². The van der Waals surface area contributed by atoms with Gasteiger partial charge in [0.15, 0.2) is 6.61 Å². The van der Waals surface area contributed by atoms with E-state index in [0.29, 0.717) is 47.7 Å². The maximum absolute atomic E-state index is 13.3. The van der Waals surface area contributed by atoms with Gasteiger partial charge in [0.2, 0.25) is 17.8 Å². The predicted molar refractivity (Wildman–Crippen MR) is 235 cm³/mol. The summed E-state index contributed by atoms with van der Waals surface area (Å²) in [7, 11) is 0. The fourth-order valence-electron chi connectivity index (χ4n) is 9.14. The number of nitriles is 1. The highest BCUT2D eigenvalue weighted by molar-refractivity contribution is 6.24. The number of piperidine rings is 2. The summed E-state index contributed by atoms with van der Waals surface area (Å²) in [6.07, 6.45) is 12.8. The summed E-state index contributed by atoms with van der Waals surface area (Å²) in [6.45, 7) is 2.81. The van der Waals surface area contributed by atoms with Crippen molar-refractivity contribution in [3.63, 3.8) is 0 Å². The van der Waals surface area contributed by atoms with E-state index in [-0.39, 0.29) is 48.3 Å². The van der Waals surface area contributed by atoms with Gasteiger partial charge in [-0.1, -0.05) is 31.0 Å². The van der Waals surface area contributed by atoms with Crippen LogP contribution in [0.4, 0.5) is 11.6 Å². The van der Waals surface area contributed by atoms with Gasteiger partial charge in [0.1, 0.15) is 17.4 Å². The summed E-state index contributed by atoms with van der Waals surface area (Å²) in [5, 5.41) is 18.7. The molecule has 326 valence electrons. The van der Waals surface area contributed by atoms with E-state index in [1.807, 2.05) is 24.4 Å². The Balaban J connectivity index is 0.779. The summed E-state index contributed by atoms with van der Waals surface area (Å²) in [5.74, 6) is -1.49. The van der Waals surface area contributed by atoms with E-state index in [0.717, 1.165) is 67.7 Å². The average Bonchev–Trinajstić information content (AvgIpc) is 4.06. The molecule has 1 saturated carbocycles. The minimum absolute atomic E-state index is 0.00356. The van der Waals surface area contributed by atoms with E-state index in [2.05, 4.69) is 44.0 Å². The van der Waals surface area contributed by atoms with Crippen molar-refractivity contribution < 1.29 is 28.7 Å². The number of rotatable bonds is 16. The van der Waals surface area contributed by atoms with Crippen LogP contribution in [0, 0.1) is 17.2 Å². The number of ether oxygens (including phenoxy) is 1. The smallest absolute Gasteiger partial charge is 0.266 e. The van der Waals surface area contributed by atoms with Crippen LogP contribution in [-0.2, 0) is 14.4 Å². The summed E-state index contributed by atoms with van der Waals surface area (Å²) in [6, 6.07) is 16.0. The van der Waals surface area contributed by atoms with Crippen LogP contribution in [0.15, 0.2) is 65.9 Å². The largest absolute Gasteiger partial charge is 0.483 e. The molecule has 4 aromatic rings. The monoisotopic (exact) mass is 853 g/mol. The molecule has 17 nitrogen and oxygen atoms in total. The van der Waals surface area contributed by atoms with Crippen LogP contribution in [0.2, 0.25) is 0 Å². The summed E-state index contributed by atoms with van der Waals surface area (Å²) in [4.78, 5) is 84.0. The number of nitrogens with one attached hydrogen (secondary N) is 4. The average molecular weight is 854 g/mol. The fraction of sp³-hybridized carbons (Fsp3) is 0.413. The van der Waals surface area contributed by atoms with Crippen LogP contribution >= 0.6 is 0 Å². The van der Waals surface area contributed by atoms with Crippen LogP contribution in [0.1, 0.15) is 102 Å². The van der Waals surface area contributed by atoms with Gasteiger partial charge in [-0.25, -0.2) is 4.98 Å². The van der Waals surface area contributed by atoms with E-state index in [1.165, 1.54) is 36.7 Å². The van der Waals surface area contributed by atoms with Crippen molar-refractivity contribution in [3.05, 3.63) is 83.3 Å². The molecule has 3 fully saturated rings. The van der Waals surface area contributed by atoms with Crippen molar-refractivity contribution >= 4 is 64.0 Å². The van der Waals surface area contributed by atoms with Gasteiger partial charge in [-0.05, 0) is 106 Å². The minimum Gasteiger partial charge on any atom is -0.483 e. The molecule has 2 unspecified atom stereocenters. The molecule has 5 amide bonds. The number of carbonyl (C=O) groups is 5.